The monoisotopic (exact) mass is 1630 g/mol. The van der Waals surface area contributed by atoms with Gasteiger partial charge in [0.1, 0.15) is 6.54 Å². The summed E-state index contributed by atoms with van der Waals surface area (Å²) in [6.45, 7) is 33.5. The van der Waals surface area contributed by atoms with Crippen LogP contribution in [0.2, 0.25) is 0 Å². The molecule has 2 aromatic rings. The quantitative estimate of drug-likeness (QED) is 0.0357. The lowest BCUT2D eigenvalue weighted by Gasteiger charge is -2.27. The van der Waals surface area contributed by atoms with E-state index in [4.69, 9.17) is 119 Å². The van der Waals surface area contributed by atoms with Crippen LogP contribution in [0.3, 0.4) is 0 Å². The third kappa shape index (κ3) is 51.6. The Morgan fingerprint density at radius 1 is 0.360 bits per heavy atom. The highest BCUT2D eigenvalue weighted by Crippen LogP contribution is 2.48. The molecule has 0 bridgehead atoms. The van der Waals surface area contributed by atoms with Gasteiger partial charge in [0.25, 0.3) is 0 Å². The van der Waals surface area contributed by atoms with Gasteiger partial charge in [-0.25, -0.2) is 5.48 Å². The number of unbranched alkanes of at least 4 members (excludes halogenated alkanes) is 5. The SMILES string of the molecule is COCCOCCOCCOCCOCCOCCOCCOCCOCCOCCOCCOCCCCOCCOCCOCCOCCOCCOCCOCCOCCOCCOCCOCCONC(=O)CCCCC[N+]1=C(/C=C/C=C2/N(CCCCCC(=O)O)c3ccccc3C2(C)C)C(C)(C)c2ccccc21. The number of nitrogens with one attached hydrogen (secondary N) is 1. The number of rotatable bonds is 86. The standard InChI is InChI=1S/C84H143N3O27/c1-83(2)75-19-10-12-21-77(75)86(79(83)23-18-24-80-84(3,4)76-20-11-13-22-78(76)87(80)28-15-7-9-26-82(89)90)27-14-6-8-25-81(88)85-114-74-73-113-72-71-112-70-69-111-68-67-110-66-65-109-64-63-108-60-58-105-54-52-102-48-46-99-42-40-96-36-34-93-30-17-16-29-92-33-35-95-39-41-98-45-47-101-51-53-104-57-59-107-62-61-106-56-55-103-50-49-100-44-43-97-38-37-94-32-31-91-5/h10-13,18-24H,6-9,14-17,25-74H2,1-5H3,(H-,85,88,89,90)/p+1. The Morgan fingerprint density at radius 3 is 1.04 bits per heavy atom. The minimum atomic E-state index is -0.741. The van der Waals surface area contributed by atoms with Crippen molar-refractivity contribution in [2.75, 3.05) is 329 Å². The summed E-state index contributed by atoms with van der Waals surface area (Å²) in [7, 11) is 1.64. The smallest absolute Gasteiger partial charge is 0.303 e. The van der Waals surface area contributed by atoms with Gasteiger partial charge in [-0.05, 0) is 70.1 Å². The van der Waals surface area contributed by atoms with Crippen LogP contribution < -0.4 is 10.4 Å². The Labute approximate surface area is 680 Å². The number of hydroxylamine groups is 1. The van der Waals surface area contributed by atoms with E-state index >= 15 is 0 Å². The first-order valence-corrected chi connectivity index (χ1v) is 41.4. The molecule has 0 radical (unpaired) electrons. The lowest BCUT2D eigenvalue weighted by molar-refractivity contribution is -0.438. The number of hydrogen-bond donors (Lipinski definition) is 2. The van der Waals surface area contributed by atoms with Crippen LogP contribution in [0.5, 0.6) is 0 Å². The van der Waals surface area contributed by atoms with Crippen molar-refractivity contribution in [2.24, 2.45) is 0 Å². The van der Waals surface area contributed by atoms with Crippen molar-refractivity contribution < 1.29 is 133 Å². The van der Waals surface area contributed by atoms with E-state index in [1.54, 1.807) is 7.11 Å². The van der Waals surface area contributed by atoms with Gasteiger partial charge < -0.3 is 119 Å². The maximum atomic E-state index is 12.6. The predicted octanol–water partition coefficient (Wildman–Crippen LogP) is 8.35. The van der Waals surface area contributed by atoms with E-state index < -0.39 is 5.97 Å². The maximum Gasteiger partial charge on any atom is 0.303 e. The molecule has 2 aliphatic rings. The number of para-hydroxylation sites is 2. The summed E-state index contributed by atoms with van der Waals surface area (Å²) in [6.07, 6.45) is 14.2. The molecule has 0 fully saturated rings. The largest absolute Gasteiger partial charge is 0.481 e. The van der Waals surface area contributed by atoms with E-state index in [0.29, 0.717) is 310 Å². The minimum absolute atomic E-state index is 0.147. The van der Waals surface area contributed by atoms with Gasteiger partial charge in [0.05, 0.1) is 296 Å². The number of carbonyl (C=O) groups is 2. The summed E-state index contributed by atoms with van der Waals surface area (Å²) < 4.78 is 129. The average molecular weight is 1630 g/mol. The lowest BCUT2D eigenvalue weighted by atomic mass is 9.81. The van der Waals surface area contributed by atoms with E-state index in [-0.39, 0.29) is 29.8 Å². The van der Waals surface area contributed by atoms with Gasteiger partial charge in [0.15, 0.2) is 5.71 Å². The molecular formula is C84H144N3O27+. The number of hydrogen-bond acceptors (Lipinski definition) is 27. The van der Waals surface area contributed by atoms with Crippen molar-refractivity contribution in [3.63, 3.8) is 0 Å². The minimum Gasteiger partial charge on any atom is -0.481 e. The Morgan fingerprint density at radius 2 is 0.675 bits per heavy atom. The molecule has 2 aromatic carbocycles. The number of allylic oxidation sites excluding steroid dienone is 4. The molecule has 656 valence electrons. The molecule has 2 aliphatic heterocycles. The maximum absolute atomic E-state index is 12.6. The number of aliphatic carboxylic acids is 1. The van der Waals surface area contributed by atoms with Gasteiger partial charge in [-0.15, -0.1) is 0 Å². The van der Waals surface area contributed by atoms with Crippen LogP contribution in [-0.2, 0) is 134 Å². The fourth-order valence-electron chi connectivity index (χ4n) is 11.9. The number of methoxy groups -OCH3 is 1. The molecule has 2 heterocycles. The number of benzene rings is 2. The van der Waals surface area contributed by atoms with Crippen molar-refractivity contribution in [1.82, 2.24) is 5.48 Å². The highest BCUT2D eigenvalue weighted by Gasteiger charge is 2.44. The van der Waals surface area contributed by atoms with Gasteiger partial charge >= 0.3 is 5.97 Å². The number of carboxylic acid groups (broad SMARTS) is 1. The van der Waals surface area contributed by atoms with Gasteiger partial charge in [-0.2, -0.15) is 4.58 Å². The van der Waals surface area contributed by atoms with Crippen LogP contribution >= 0.6 is 0 Å². The molecule has 0 atom stereocenters. The number of carboxylic acids is 1. The zero-order valence-electron chi connectivity index (χ0n) is 69.8. The first-order chi connectivity index (χ1) is 56.1. The predicted molar refractivity (Wildman–Crippen MR) is 431 cm³/mol. The molecule has 0 aromatic heterocycles. The molecule has 0 aliphatic carbocycles. The fourth-order valence-corrected chi connectivity index (χ4v) is 11.9. The Balaban J connectivity index is 0.772. The fraction of sp³-hybridized carbons (Fsp3) is 0.774. The van der Waals surface area contributed by atoms with E-state index in [1.807, 2.05) is 0 Å². The summed E-state index contributed by atoms with van der Waals surface area (Å²) >= 11 is 0. The number of nitrogens with zero attached hydrogens (tertiary/aromatic N) is 2. The van der Waals surface area contributed by atoms with Gasteiger partial charge in [0, 0.05) is 80.6 Å². The van der Waals surface area contributed by atoms with Crippen LogP contribution in [-0.4, -0.2) is 351 Å². The first-order valence-electron chi connectivity index (χ1n) is 41.4. The third-order valence-electron chi connectivity index (χ3n) is 17.9. The number of anilines is 1. The highest BCUT2D eigenvalue weighted by molar-refractivity contribution is 6.03. The Hall–Kier alpha value is -4.63. The third-order valence-corrected chi connectivity index (χ3v) is 17.9. The molecule has 30 nitrogen and oxygen atoms in total. The second kappa shape index (κ2) is 72.4. The summed E-state index contributed by atoms with van der Waals surface area (Å²) in [5.41, 5.74) is 9.70. The molecule has 30 heteroatoms. The lowest BCUT2D eigenvalue weighted by Crippen LogP contribution is -2.28. The van der Waals surface area contributed by atoms with Crippen LogP contribution in [0, 0.1) is 0 Å². The Bertz CT molecular complexity index is 2700. The van der Waals surface area contributed by atoms with Crippen molar-refractivity contribution in [3.8, 4) is 0 Å². The Kier molecular flexibility index (Phi) is 64.6. The normalized spacial score (nSPS) is 14.1. The van der Waals surface area contributed by atoms with Crippen molar-refractivity contribution >= 4 is 29.0 Å². The summed E-state index contributed by atoms with van der Waals surface area (Å²) in [4.78, 5) is 31.5. The highest BCUT2D eigenvalue weighted by atomic mass is 16.7. The summed E-state index contributed by atoms with van der Waals surface area (Å²) in [6, 6.07) is 17.3. The number of carbonyl (C=O) groups excluding carboxylic acids is 1. The van der Waals surface area contributed by atoms with Crippen LogP contribution in [0.4, 0.5) is 11.4 Å². The van der Waals surface area contributed by atoms with E-state index in [0.717, 1.165) is 58.0 Å². The first kappa shape index (κ1) is 102. The summed E-state index contributed by atoms with van der Waals surface area (Å²) in [5, 5.41) is 9.15. The molecule has 1 amide bonds. The van der Waals surface area contributed by atoms with E-state index in [2.05, 4.69) is 109 Å². The number of amides is 1. The van der Waals surface area contributed by atoms with Crippen molar-refractivity contribution in [1.29, 1.82) is 0 Å². The zero-order chi connectivity index (χ0) is 81.2. The number of fused-ring (bicyclic) bond motifs is 2. The van der Waals surface area contributed by atoms with Crippen molar-refractivity contribution in [3.05, 3.63) is 83.6 Å². The molecule has 0 saturated heterocycles. The molecular weight excluding hydrogens is 1480 g/mol. The molecule has 2 N–H and O–H groups in total. The molecule has 4 rings (SSSR count). The molecule has 0 unspecified atom stereocenters. The van der Waals surface area contributed by atoms with Crippen LogP contribution in [0.25, 0.3) is 0 Å². The zero-order valence-corrected chi connectivity index (χ0v) is 69.8. The summed E-state index contributed by atoms with van der Waals surface area (Å²) in [5.74, 6) is -0.888. The number of ether oxygens (including phenoxy) is 23. The van der Waals surface area contributed by atoms with Crippen molar-refractivity contribution in [2.45, 2.75) is 103 Å². The van der Waals surface area contributed by atoms with E-state index in [1.165, 1.54) is 33.9 Å². The second-order valence-electron chi connectivity index (χ2n) is 27.4. The van der Waals surface area contributed by atoms with Gasteiger partial charge in [-0.1, -0.05) is 62.7 Å². The second-order valence-corrected chi connectivity index (χ2v) is 27.4. The molecule has 0 spiro atoms. The van der Waals surface area contributed by atoms with Crippen LogP contribution in [0.1, 0.15) is 103 Å². The molecule has 0 saturated carbocycles. The van der Waals surface area contributed by atoms with Gasteiger partial charge in [0.2, 0.25) is 11.6 Å². The molecule has 114 heavy (non-hydrogen) atoms. The van der Waals surface area contributed by atoms with Crippen LogP contribution in [0.15, 0.2) is 72.5 Å². The topological polar surface area (TPSA) is 294 Å². The van der Waals surface area contributed by atoms with E-state index in [9.17, 15) is 9.59 Å². The average Bonchev–Trinajstić information content (AvgIpc) is 1.60. The van der Waals surface area contributed by atoms with Gasteiger partial charge in [-0.3, -0.25) is 14.4 Å².